The summed E-state index contributed by atoms with van der Waals surface area (Å²) in [4.78, 5) is 28.8. The molecule has 2 heterocycles. The molecule has 0 bridgehead atoms. The molecule has 0 radical (unpaired) electrons. The second kappa shape index (κ2) is 6.96. The smallest absolute Gasteiger partial charge is 0.230 e. The Morgan fingerprint density at radius 3 is 2.42 bits per heavy atom. The number of benzene rings is 1. The van der Waals surface area contributed by atoms with Crippen molar-refractivity contribution in [2.45, 2.75) is 45.4 Å². The van der Waals surface area contributed by atoms with E-state index in [1.807, 2.05) is 34.9 Å². The van der Waals surface area contributed by atoms with Crippen LogP contribution in [-0.2, 0) is 9.59 Å². The highest BCUT2D eigenvalue weighted by Crippen LogP contribution is 2.45. The van der Waals surface area contributed by atoms with E-state index in [-0.39, 0.29) is 23.1 Å². The van der Waals surface area contributed by atoms with Crippen molar-refractivity contribution in [3.63, 3.8) is 0 Å². The van der Waals surface area contributed by atoms with Gasteiger partial charge in [-0.2, -0.15) is 0 Å². The Hall–Kier alpha value is -1.84. The Morgan fingerprint density at radius 1 is 1.17 bits per heavy atom. The fourth-order valence-corrected chi connectivity index (χ4v) is 4.32. The monoisotopic (exact) mass is 328 g/mol. The van der Waals surface area contributed by atoms with Gasteiger partial charge >= 0.3 is 0 Å². The third-order valence-corrected chi connectivity index (χ3v) is 5.84. The van der Waals surface area contributed by atoms with Crippen molar-refractivity contribution in [2.24, 2.45) is 5.41 Å². The van der Waals surface area contributed by atoms with Crippen LogP contribution in [0.25, 0.3) is 0 Å². The lowest BCUT2D eigenvalue weighted by Gasteiger charge is -2.49. The third kappa shape index (κ3) is 3.19. The fourth-order valence-electron chi connectivity index (χ4n) is 4.32. The lowest BCUT2D eigenvalue weighted by Crippen LogP contribution is -2.54. The number of hydrogen-bond acceptors (Lipinski definition) is 2. The number of likely N-dealkylation sites (N-methyl/N-ethyl adjacent to an activating group) is 1. The molecule has 2 amide bonds. The Kier molecular flexibility index (Phi) is 4.93. The van der Waals surface area contributed by atoms with Gasteiger partial charge in [-0.15, -0.1) is 0 Å². The maximum absolute atomic E-state index is 12.9. The van der Waals surface area contributed by atoms with Crippen LogP contribution in [0.2, 0.25) is 0 Å². The highest BCUT2D eigenvalue weighted by atomic mass is 16.2. The summed E-state index contributed by atoms with van der Waals surface area (Å²) in [6.45, 7) is 7.27. The zero-order valence-corrected chi connectivity index (χ0v) is 14.8. The molecule has 1 aromatic carbocycles. The van der Waals surface area contributed by atoms with Crippen LogP contribution in [0.1, 0.15) is 51.0 Å². The number of hydrogen-bond donors (Lipinski definition) is 0. The molecule has 2 aliphatic rings. The largest absolute Gasteiger partial charge is 0.343 e. The Balaban J connectivity index is 1.80. The Labute approximate surface area is 144 Å². The summed E-state index contributed by atoms with van der Waals surface area (Å²) in [7, 11) is 0. The van der Waals surface area contributed by atoms with Crippen molar-refractivity contribution in [3.05, 3.63) is 35.9 Å². The molecule has 3 rings (SSSR count). The van der Waals surface area contributed by atoms with Crippen LogP contribution in [0, 0.1) is 5.41 Å². The normalized spacial score (nSPS) is 23.6. The van der Waals surface area contributed by atoms with Gasteiger partial charge in [0, 0.05) is 32.6 Å². The SMILES string of the molecule is CCC(=O)N1CCC2(CC1)C[C@@H](c1ccccc1)C(=O)N(CC)C2. The van der Waals surface area contributed by atoms with E-state index in [9.17, 15) is 9.59 Å². The zero-order chi connectivity index (χ0) is 17.2. The van der Waals surface area contributed by atoms with E-state index >= 15 is 0 Å². The highest BCUT2D eigenvalue weighted by molar-refractivity contribution is 5.84. The molecule has 4 nitrogen and oxygen atoms in total. The van der Waals surface area contributed by atoms with Crippen molar-refractivity contribution in [3.8, 4) is 0 Å². The van der Waals surface area contributed by atoms with E-state index in [0.717, 1.165) is 51.0 Å². The van der Waals surface area contributed by atoms with Gasteiger partial charge in [0.1, 0.15) is 0 Å². The first-order valence-corrected chi connectivity index (χ1v) is 9.20. The van der Waals surface area contributed by atoms with Gasteiger partial charge in [-0.25, -0.2) is 0 Å². The molecule has 24 heavy (non-hydrogen) atoms. The minimum absolute atomic E-state index is 0.0340. The second-order valence-electron chi connectivity index (χ2n) is 7.25. The summed E-state index contributed by atoms with van der Waals surface area (Å²) in [6.07, 6.45) is 3.51. The van der Waals surface area contributed by atoms with E-state index in [1.165, 1.54) is 0 Å². The van der Waals surface area contributed by atoms with E-state index in [4.69, 9.17) is 0 Å². The molecule has 1 aromatic rings. The van der Waals surface area contributed by atoms with Crippen molar-refractivity contribution in [1.82, 2.24) is 9.80 Å². The first kappa shape index (κ1) is 17.0. The lowest BCUT2D eigenvalue weighted by atomic mass is 9.67. The van der Waals surface area contributed by atoms with Crippen molar-refractivity contribution < 1.29 is 9.59 Å². The molecule has 0 saturated carbocycles. The van der Waals surface area contributed by atoms with Crippen LogP contribution in [0.4, 0.5) is 0 Å². The van der Waals surface area contributed by atoms with E-state index in [1.54, 1.807) is 0 Å². The summed E-state index contributed by atoms with van der Waals surface area (Å²) < 4.78 is 0. The van der Waals surface area contributed by atoms with Gasteiger partial charge in [-0.1, -0.05) is 37.3 Å². The molecule has 2 aliphatic heterocycles. The summed E-state index contributed by atoms with van der Waals surface area (Å²) in [6, 6.07) is 10.2. The molecule has 2 fully saturated rings. The van der Waals surface area contributed by atoms with Crippen molar-refractivity contribution in [2.75, 3.05) is 26.2 Å². The van der Waals surface area contributed by atoms with Gasteiger partial charge in [0.25, 0.3) is 0 Å². The number of carbonyl (C=O) groups is 2. The Morgan fingerprint density at radius 2 is 1.83 bits per heavy atom. The van der Waals surface area contributed by atoms with Gasteiger partial charge in [0.15, 0.2) is 0 Å². The minimum atomic E-state index is -0.0340. The van der Waals surface area contributed by atoms with Crippen LogP contribution in [0.3, 0.4) is 0 Å². The second-order valence-corrected chi connectivity index (χ2v) is 7.25. The molecule has 1 atom stereocenters. The van der Waals surface area contributed by atoms with Gasteiger partial charge in [0.05, 0.1) is 5.92 Å². The zero-order valence-electron chi connectivity index (χ0n) is 14.8. The number of rotatable bonds is 3. The van der Waals surface area contributed by atoms with E-state index in [0.29, 0.717) is 6.42 Å². The first-order valence-electron chi connectivity index (χ1n) is 9.20. The van der Waals surface area contributed by atoms with Crippen LogP contribution in [0.15, 0.2) is 30.3 Å². The summed E-state index contributed by atoms with van der Waals surface area (Å²) in [5.74, 6) is 0.485. The van der Waals surface area contributed by atoms with Crippen molar-refractivity contribution in [1.29, 1.82) is 0 Å². The number of piperidine rings is 2. The van der Waals surface area contributed by atoms with E-state index in [2.05, 4.69) is 19.1 Å². The highest BCUT2D eigenvalue weighted by Gasteiger charge is 2.45. The van der Waals surface area contributed by atoms with Crippen molar-refractivity contribution >= 4 is 11.8 Å². The number of amides is 2. The Bertz CT molecular complexity index is 591. The molecular weight excluding hydrogens is 300 g/mol. The third-order valence-electron chi connectivity index (χ3n) is 5.84. The van der Waals surface area contributed by atoms with Gasteiger partial charge in [0.2, 0.25) is 11.8 Å². The molecule has 2 saturated heterocycles. The van der Waals surface area contributed by atoms with Crippen LogP contribution in [-0.4, -0.2) is 47.8 Å². The quantitative estimate of drug-likeness (QED) is 0.856. The van der Waals surface area contributed by atoms with Gasteiger partial charge in [-0.3, -0.25) is 9.59 Å². The molecular formula is C20H28N2O2. The summed E-state index contributed by atoms with van der Waals surface area (Å²) in [5, 5.41) is 0. The maximum atomic E-state index is 12.9. The van der Waals surface area contributed by atoms with Gasteiger partial charge in [-0.05, 0) is 37.2 Å². The summed E-state index contributed by atoms with van der Waals surface area (Å²) >= 11 is 0. The van der Waals surface area contributed by atoms with Crippen LogP contribution < -0.4 is 0 Å². The molecule has 0 unspecified atom stereocenters. The number of carbonyl (C=O) groups excluding carboxylic acids is 2. The number of likely N-dealkylation sites (tertiary alicyclic amines) is 2. The predicted octanol–water partition coefficient (Wildman–Crippen LogP) is 3.04. The molecule has 0 N–H and O–H groups in total. The minimum Gasteiger partial charge on any atom is -0.343 e. The molecule has 1 spiro atoms. The number of nitrogens with zero attached hydrogens (tertiary/aromatic N) is 2. The average Bonchev–Trinajstić information content (AvgIpc) is 2.64. The molecule has 0 aromatic heterocycles. The van der Waals surface area contributed by atoms with E-state index < -0.39 is 0 Å². The van der Waals surface area contributed by atoms with Crippen LogP contribution >= 0.6 is 0 Å². The summed E-state index contributed by atoms with van der Waals surface area (Å²) in [5.41, 5.74) is 1.29. The van der Waals surface area contributed by atoms with Crippen LogP contribution in [0.5, 0.6) is 0 Å². The molecule has 4 heteroatoms. The molecule has 0 aliphatic carbocycles. The predicted molar refractivity (Wildman–Crippen MR) is 94.6 cm³/mol. The topological polar surface area (TPSA) is 40.6 Å². The first-order chi connectivity index (χ1) is 11.6. The standard InChI is InChI=1S/C20H28N2O2/c1-3-18(23)22-12-10-20(11-13-22)14-17(16-8-6-5-7-9-16)19(24)21(4-2)15-20/h5-9,17H,3-4,10-15H2,1-2H3/t17-/m0/s1. The average molecular weight is 328 g/mol. The lowest BCUT2D eigenvalue weighted by molar-refractivity contribution is -0.144. The molecule has 130 valence electrons. The fraction of sp³-hybridized carbons (Fsp3) is 0.600. The maximum Gasteiger partial charge on any atom is 0.230 e. The van der Waals surface area contributed by atoms with Gasteiger partial charge < -0.3 is 9.80 Å².